The first-order valence-electron chi connectivity index (χ1n) is 17.2. The largest absolute Gasteiger partial charge is 0.494 e. The standard InChI is InChI=1S/C40H44N6O6/c1-5-39(47)51-25-9-7-23-49-35-17-11-31(12-18-35)41-43-33-15-21-38(29(3)27-33)46-44-34-16-22-37(30(4)28-34)45-42-32-13-19-36(20-14-32)50-24-8-10-26-52-40(48)6-2/h5,11-22,27-28H,1,6-10,23-26H2,2-4H3. The molecule has 270 valence electrons. The van der Waals surface area contributed by atoms with Gasteiger partial charge in [0.15, 0.2) is 0 Å². The normalized spacial score (nSPS) is 11.3. The van der Waals surface area contributed by atoms with Crippen molar-refractivity contribution in [2.24, 2.45) is 30.7 Å². The molecule has 0 aliphatic carbocycles. The van der Waals surface area contributed by atoms with Gasteiger partial charge in [-0.3, -0.25) is 4.79 Å². The molecule has 0 spiro atoms. The molecule has 12 heteroatoms. The van der Waals surface area contributed by atoms with E-state index in [-0.39, 0.29) is 5.97 Å². The van der Waals surface area contributed by atoms with E-state index in [1.54, 1.807) is 6.92 Å². The van der Waals surface area contributed by atoms with E-state index in [1.807, 2.05) is 98.8 Å². The van der Waals surface area contributed by atoms with Crippen molar-refractivity contribution >= 4 is 46.1 Å². The summed E-state index contributed by atoms with van der Waals surface area (Å²) in [4.78, 5) is 22.2. The highest BCUT2D eigenvalue weighted by atomic mass is 16.5. The van der Waals surface area contributed by atoms with E-state index in [0.29, 0.717) is 62.0 Å². The number of carbonyl (C=O) groups excluding carboxylic acids is 2. The number of esters is 2. The second-order valence-electron chi connectivity index (χ2n) is 11.6. The van der Waals surface area contributed by atoms with Crippen molar-refractivity contribution in [1.29, 1.82) is 0 Å². The SMILES string of the molecule is C=CC(=O)OCCCCOc1ccc(N=Nc2ccc(N=Nc3ccc(N=Nc4ccc(OCCCCOC(=O)CC)cc4)c(C)c3)c(C)c2)cc1. The first-order valence-corrected chi connectivity index (χ1v) is 17.2. The Kier molecular flexibility index (Phi) is 15.8. The van der Waals surface area contributed by atoms with Gasteiger partial charge in [-0.1, -0.05) is 13.5 Å². The molecular weight excluding hydrogens is 660 g/mol. The van der Waals surface area contributed by atoms with Crippen LogP contribution in [0.2, 0.25) is 0 Å². The smallest absolute Gasteiger partial charge is 0.330 e. The third kappa shape index (κ3) is 13.7. The molecule has 0 unspecified atom stereocenters. The number of carbonyl (C=O) groups is 2. The second-order valence-corrected chi connectivity index (χ2v) is 11.6. The van der Waals surface area contributed by atoms with Crippen LogP contribution in [0.15, 0.2) is 128 Å². The van der Waals surface area contributed by atoms with Gasteiger partial charge in [-0.25, -0.2) is 4.79 Å². The fourth-order valence-corrected chi connectivity index (χ4v) is 4.49. The van der Waals surface area contributed by atoms with Crippen LogP contribution >= 0.6 is 0 Å². The molecule has 0 aliphatic heterocycles. The minimum absolute atomic E-state index is 0.180. The lowest BCUT2D eigenvalue weighted by Crippen LogP contribution is -2.05. The van der Waals surface area contributed by atoms with Gasteiger partial charge in [0.05, 0.1) is 60.6 Å². The fourth-order valence-electron chi connectivity index (χ4n) is 4.49. The zero-order valence-electron chi connectivity index (χ0n) is 29.9. The Balaban J connectivity index is 1.22. The number of rotatable bonds is 20. The van der Waals surface area contributed by atoms with Crippen LogP contribution in [0.3, 0.4) is 0 Å². The fraction of sp³-hybridized carbons (Fsp3) is 0.300. The Morgan fingerprint density at radius 3 is 1.42 bits per heavy atom. The quantitative estimate of drug-likeness (QED) is 0.0387. The predicted octanol–water partition coefficient (Wildman–Crippen LogP) is 11.6. The Bertz CT molecular complexity index is 1860. The van der Waals surface area contributed by atoms with Gasteiger partial charge in [-0.2, -0.15) is 30.7 Å². The maximum absolute atomic E-state index is 11.2. The number of hydrogen-bond donors (Lipinski definition) is 0. The van der Waals surface area contributed by atoms with E-state index in [1.165, 1.54) is 0 Å². The summed E-state index contributed by atoms with van der Waals surface area (Å²) in [6.07, 6.45) is 4.58. The van der Waals surface area contributed by atoms with Gasteiger partial charge in [0.25, 0.3) is 0 Å². The third-order valence-electron chi connectivity index (χ3n) is 7.44. The van der Waals surface area contributed by atoms with Gasteiger partial charge in [-0.05, 0) is 136 Å². The van der Waals surface area contributed by atoms with Gasteiger partial charge in [-0.15, -0.1) is 0 Å². The van der Waals surface area contributed by atoms with E-state index < -0.39 is 5.97 Å². The van der Waals surface area contributed by atoms with E-state index in [0.717, 1.165) is 59.3 Å². The van der Waals surface area contributed by atoms with Crippen molar-refractivity contribution in [1.82, 2.24) is 0 Å². The summed E-state index contributed by atoms with van der Waals surface area (Å²) in [6, 6.07) is 26.0. The average Bonchev–Trinajstić information content (AvgIpc) is 3.16. The monoisotopic (exact) mass is 704 g/mol. The van der Waals surface area contributed by atoms with Crippen LogP contribution in [0.1, 0.15) is 50.2 Å². The highest BCUT2D eigenvalue weighted by molar-refractivity contribution is 5.81. The molecule has 0 radical (unpaired) electrons. The minimum Gasteiger partial charge on any atom is -0.494 e. The molecular formula is C40H44N6O6. The molecule has 52 heavy (non-hydrogen) atoms. The molecule has 4 rings (SSSR count). The van der Waals surface area contributed by atoms with Gasteiger partial charge in [0, 0.05) is 12.5 Å². The molecule has 0 aromatic heterocycles. The molecule has 12 nitrogen and oxygen atoms in total. The Morgan fingerprint density at radius 2 is 0.962 bits per heavy atom. The van der Waals surface area contributed by atoms with E-state index in [9.17, 15) is 9.59 Å². The van der Waals surface area contributed by atoms with Gasteiger partial charge in [0.2, 0.25) is 0 Å². The topological polar surface area (TPSA) is 145 Å². The second kappa shape index (κ2) is 21.2. The highest BCUT2D eigenvalue weighted by Gasteiger charge is 2.04. The summed E-state index contributed by atoms with van der Waals surface area (Å²) in [6.45, 7) is 10.9. The molecule has 0 amide bonds. The Labute approximate surface area is 304 Å². The summed E-state index contributed by atoms with van der Waals surface area (Å²) in [5, 5.41) is 26.3. The van der Waals surface area contributed by atoms with Gasteiger partial charge in [0.1, 0.15) is 11.5 Å². The minimum atomic E-state index is -0.415. The number of aryl methyl sites for hydroxylation is 2. The van der Waals surface area contributed by atoms with Crippen molar-refractivity contribution in [3.63, 3.8) is 0 Å². The average molecular weight is 705 g/mol. The Hall–Kier alpha value is -6.04. The predicted molar refractivity (Wildman–Crippen MR) is 200 cm³/mol. The van der Waals surface area contributed by atoms with Crippen molar-refractivity contribution in [3.05, 3.63) is 109 Å². The van der Waals surface area contributed by atoms with Crippen LogP contribution in [0.4, 0.5) is 34.1 Å². The third-order valence-corrected chi connectivity index (χ3v) is 7.44. The lowest BCUT2D eigenvalue weighted by Gasteiger charge is -2.06. The number of unbranched alkanes of at least 4 members (excludes halogenated alkanes) is 2. The molecule has 0 N–H and O–H groups in total. The number of hydrogen-bond acceptors (Lipinski definition) is 12. The first-order chi connectivity index (χ1) is 25.3. The van der Waals surface area contributed by atoms with E-state index in [2.05, 4.69) is 37.3 Å². The molecule has 0 bridgehead atoms. The molecule has 0 saturated heterocycles. The lowest BCUT2D eigenvalue weighted by molar-refractivity contribution is -0.143. The molecule has 0 fully saturated rings. The van der Waals surface area contributed by atoms with Crippen LogP contribution in [0.25, 0.3) is 0 Å². The number of ether oxygens (including phenoxy) is 4. The maximum atomic E-state index is 11.2. The van der Waals surface area contributed by atoms with Crippen LogP contribution in [0.5, 0.6) is 11.5 Å². The summed E-state index contributed by atoms with van der Waals surface area (Å²) in [5.74, 6) is 0.880. The highest BCUT2D eigenvalue weighted by Crippen LogP contribution is 2.30. The molecule has 0 aliphatic rings. The zero-order valence-corrected chi connectivity index (χ0v) is 29.9. The van der Waals surface area contributed by atoms with Crippen molar-refractivity contribution in [2.45, 2.75) is 52.9 Å². The molecule has 4 aromatic carbocycles. The maximum Gasteiger partial charge on any atom is 0.330 e. The number of nitrogens with zero attached hydrogens (tertiary/aromatic N) is 6. The van der Waals surface area contributed by atoms with Gasteiger partial charge >= 0.3 is 11.9 Å². The lowest BCUT2D eigenvalue weighted by atomic mass is 10.2. The summed E-state index contributed by atoms with van der Waals surface area (Å²) < 4.78 is 21.5. The van der Waals surface area contributed by atoms with Gasteiger partial charge < -0.3 is 18.9 Å². The van der Waals surface area contributed by atoms with Crippen molar-refractivity contribution in [3.8, 4) is 11.5 Å². The van der Waals surface area contributed by atoms with Crippen LogP contribution < -0.4 is 9.47 Å². The molecule has 4 aromatic rings. The number of azo groups is 3. The zero-order chi connectivity index (χ0) is 37.0. The van der Waals surface area contributed by atoms with Crippen molar-refractivity contribution in [2.75, 3.05) is 26.4 Å². The first kappa shape index (κ1) is 38.8. The van der Waals surface area contributed by atoms with Crippen LogP contribution in [-0.2, 0) is 19.1 Å². The van der Waals surface area contributed by atoms with Crippen LogP contribution in [0, 0.1) is 13.8 Å². The molecule has 0 heterocycles. The number of benzene rings is 4. The van der Waals surface area contributed by atoms with Crippen LogP contribution in [-0.4, -0.2) is 38.4 Å². The Morgan fingerprint density at radius 1 is 0.558 bits per heavy atom. The van der Waals surface area contributed by atoms with E-state index >= 15 is 0 Å². The molecule has 0 atom stereocenters. The van der Waals surface area contributed by atoms with E-state index in [4.69, 9.17) is 18.9 Å². The molecule has 0 saturated carbocycles. The summed E-state index contributed by atoms with van der Waals surface area (Å²) >= 11 is 0. The summed E-state index contributed by atoms with van der Waals surface area (Å²) in [5.41, 5.74) is 6.09. The van der Waals surface area contributed by atoms with Crippen molar-refractivity contribution < 1.29 is 28.5 Å². The summed E-state index contributed by atoms with van der Waals surface area (Å²) in [7, 11) is 0.